The van der Waals surface area contributed by atoms with Gasteiger partial charge in [0.1, 0.15) is 0 Å². The zero-order valence-corrected chi connectivity index (χ0v) is 11.8. The molecule has 106 valence electrons. The Kier molecular flexibility index (Phi) is 4.90. The zero-order valence-electron chi connectivity index (χ0n) is 11.8. The molecule has 1 aromatic heterocycles. The number of hydrogen-bond acceptors (Lipinski definition) is 3. The van der Waals surface area contributed by atoms with E-state index < -0.39 is 0 Å². The van der Waals surface area contributed by atoms with Gasteiger partial charge >= 0.3 is 0 Å². The van der Waals surface area contributed by atoms with Gasteiger partial charge in [-0.1, -0.05) is 32.0 Å². The quantitative estimate of drug-likeness (QED) is 0.844. The lowest BCUT2D eigenvalue weighted by atomic mass is 10.1. The zero-order chi connectivity index (χ0) is 14.4. The summed E-state index contributed by atoms with van der Waals surface area (Å²) < 4.78 is 1.83. The van der Waals surface area contributed by atoms with Crippen molar-refractivity contribution in [1.82, 2.24) is 15.1 Å². The van der Waals surface area contributed by atoms with Crippen LogP contribution in [0.15, 0.2) is 42.7 Å². The lowest BCUT2D eigenvalue weighted by Gasteiger charge is -2.12. The molecule has 0 unspecified atom stereocenters. The highest BCUT2D eigenvalue weighted by molar-refractivity contribution is 5.93. The molecule has 0 fully saturated rings. The third-order valence-electron chi connectivity index (χ3n) is 2.85. The summed E-state index contributed by atoms with van der Waals surface area (Å²) >= 11 is 0. The smallest absolute Gasteiger partial charge is 0.238 e. The summed E-state index contributed by atoms with van der Waals surface area (Å²) in [4.78, 5) is 11.9. The molecule has 1 amide bonds. The number of carbonyl (C=O) groups excluding carboxylic acids is 1. The van der Waals surface area contributed by atoms with E-state index in [9.17, 15) is 4.79 Å². The Bertz CT molecular complexity index is 549. The molecular formula is C15H20N4O. The van der Waals surface area contributed by atoms with E-state index in [1.165, 1.54) is 0 Å². The topological polar surface area (TPSA) is 59.0 Å². The van der Waals surface area contributed by atoms with Gasteiger partial charge in [-0.15, -0.1) is 0 Å². The van der Waals surface area contributed by atoms with Crippen molar-refractivity contribution in [1.29, 1.82) is 0 Å². The Balaban J connectivity index is 2.02. The van der Waals surface area contributed by atoms with E-state index >= 15 is 0 Å². The van der Waals surface area contributed by atoms with Crippen LogP contribution in [0.5, 0.6) is 0 Å². The van der Waals surface area contributed by atoms with Gasteiger partial charge in [0.25, 0.3) is 0 Å². The molecule has 0 saturated carbocycles. The highest BCUT2D eigenvalue weighted by atomic mass is 16.1. The summed E-state index contributed by atoms with van der Waals surface area (Å²) in [5.74, 6) is -0.0355. The summed E-state index contributed by atoms with van der Waals surface area (Å²) in [6, 6.07) is 9.95. The first-order valence-corrected chi connectivity index (χ1v) is 6.73. The molecule has 0 atom stereocenters. The molecule has 0 saturated heterocycles. The number of rotatable bonds is 6. The lowest BCUT2D eigenvalue weighted by molar-refractivity contribution is -0.115. The van der Waals surface area contributed by atoms with Gasteiger partial charge < -0.3 is 10.6 Å². The Morgan fingerprint density at radius 1 is 1.30 bits per heavy atom. The predicted molar refractivity (Wildman–Crippen MR) is 79.5 cm³/mol. The van der Waals surface area contributed by atoms with Crippen molar-refractivity contribution in [3.63, 3.8) is 0 Å². The van der Waals surface area contributed by atoms with Crippen LogP contribution in [0.2, 0.25) is 0 Å². The second-order valence-electron chi connectivity index (χ2n) is 4.94. The summed E-state index contributed by atoms with van der Waals surface area (Å²) in [6.07, 6.45) is 3.65. The summed E-state index contributed by atoms with van der Waals surface area (Å²) in [7, 11) is 0. The fraction of sp³-hybridized carbons (Fsp3) is 0.333. The minimum atomic E-state index is -0.0355. The molecule has 1 heterocycles. The minimum Gasteiger partial charge on any atom is -0.325 e. The summed E-state index contributed by atoms with van der Waals surface area (Å²) in [6.45, 7) is 4.98. The van der Waals surface area contributed by atoms with Crippen LogP contribution in [-0.2, 0) is 11.3 Å². The first-order valence-electron chi connectivity index (χ1n) is 6.73. The molecule has 0 spiro atoms. The van der Waals surface area contributed by atoms with Gasteiger partial charge in [-0.25, -0.2) is 0 Å². The fourth-order valence-corrected chi connectivity index (χ4v) is 1.84. The molecule has 2 N–H and O–H groups in total. The molecule has 2 aromatic rings. The highest BCUT2D eigenvalue weighted by Gasteiger charge is 2.07. The number of amides is 1. The van der Waals surface area contributed by atoms with Gasteiger partial charge in [-0.05, 0) is 17.7 Å². The number of anilines is 1. The maximum atomic E-state index is 11.9. The summed E-state index contributed by atoms with van der Waals surface area (Å²) in [5.41, 5.74) is 1.87. The standard InChI is InChI=1S/C15H20N4O/c1-12(2)16-10-15(20)18-14-7-4-3-6-13(14)11-19-9-5-8-17-19/h3-9,12,16H,10-11H2,1-2H3,(H,18,20). The van der Waals surface area contributed by atoms with E-state index in [4.69, 9.17) is 0 Å². The second-order valence-corrected chi connectivity index (χ2v) is 4.94. The number of aromatic nitrogens is 2. The summed E-state index contributed by atoms with van der Waals surface area (Å²) in [5, 5.41) is 10.2. The van der Waals surface area contributed by atoms with Crippen LogP contribution in [0.3, 0.4) is 0 Å². The van der Waals surface area contributed by atoms with Gasteiger partial charge in [-0.3, -0.25) is 9.48 Å². The SMILES string of the molecule is CC(C)NCC(=O)Nc1ccccc1Cn1cccn1. The average Bonchev–Trinajstić information content (AvgIpc) is 2.92. The van der Waals surface area contributed by atoms with Crippen molar-refractivity contribution in [2.24, 2.45) is 0 Å². The molecule has 0 bridgehead atoms. The fourth-order valence-electron chi connectivity index (χ4n) is 1.84. The Hall–Kier alpha value is -2.14. The molecule has 0 aliphatic carbocycles. The maximum Gasteiger partial charge on any atom is 0.238 e. The Labute approximate surface area is 119 Å². The van der Waals surface area contributed by atoms with Crippen LogP contribution in [-0.4, -0.2) is 28.3 Å². The van der Waals surface area contributed by atoms with E-state index in [-0.39, 0.29) is 5.91 Å². The van der Waals surface area contributed by atoms with E-state index in [1.807, 2.05) is 55.1 Å². The molecule has 0 radical (unpaired) electrons. The monoisotopic (exact) mass is 272 g/mol. The van der Waals surface area contributed by atoms with Crippen LogP contribution in [0.25, 0.3) is 0 Å². The predicted octanol–water partition coefficient (Wildman–Crippen LogP) is 1.87. The number of benzene rings is 1. The van der Waals surface area contributed by atoms with Crippen LogP contribution in [0, 0.1) is 0 Å². The van der Waals surface area contributed by atoms with E-state index in [0.29, 0.717) is 19.1 Å². The highest BCUT2D eigenvalue weighted by Crippen LogP contribution is 2.15. The van der Waals surface area contributed by atoms with Crippen LogP contribution < -0.4 is 10.6 Å². The van der Waals surface area contributed by atoms with Gasteiger partial charge in [0.15, 0.2) is 0 Å². The maximum absolute atomic E-state index is 11.9. The minimum absolute atomic E-state index is 0.0355. The van der Waals surface area contributed by atoms with Crippen molar-refractivity contribution in [3.05, 3.63) is 48.3 Å². The number of carbonyl (C=O) groups is 1. The molecule has 20 heavy (non-hydrogen) atoms. The average molecular weight is 272 g/mol. The van der Waals surface area contributed by atoms with E-state index in [1.54, 1.807) is 6.20 Å². The number of para-hydroxylation sites is 1. The van der Waals surface area contributed by atoms with Crippen LogP contribution in [0.4, 0.5) is 5.69 Å². The van der Waals surface area contributed by atoms with E-state index in [0.717, 1.165) is 11.3 Å². The van der Waals surface area contributed by atoms with Crippen LogP contribution in [0.1, 0.15) is 19.4 Å². The van der Waals surface area contributed by atoms with Crippen molar-refractivity contribution in [2.75, 3.05) is 11.9 Å². The third kappa shape index (κ3) is 4.20. The molecule has 0 aliphatic rings. The second kappa shape index (κ2) is 6.86. The largest absolute Gasteiger partial charge is 0.325 e. The molecule has 2 rings (SSSR count). The Morgan fingerprint density at radius 3 is 2.80 bits per heavy atom. The van der Waals surface area contributed by atoms with Gasteiger partial charge in [0, 0.05) is 24.1 Å². The number of hydrogen-bond donors (Lipinski definition) is 2. The Morgan fingerprint density at radius 2 is 2.10 bits per heavy atom. The van der Waals surface area contributed by atoms with E-state index in [2.05, 4.69) is 15.7 Å². The van der Waals surface area contributed by atoms with Gasteiger partial charge in [0.05, 0.1) is 13.1 Å². The molecule has 0 aliphatic heterocycles. The van der Waals surface area contributed by atoms with Crippen LogP contribution >= 0.6 is 0 Å². The number of nitrogens with zero attached hydrogens (tertiary/aromatic N) is 2. The number of nitrogens with one attached hydrogen (secondary N) is 2. The molecule has 5 nitrogen and oxygen atoms in total. The van der Waals surface area contributed by atoms with Gasteiger partial charge in [-0.2, -0.15) is 5.10 Å². The molecular weight excluding hydrogens is 252 g/mol. The molecule has 5 heteroatoms. The normalized spacial score (nSPS) is 10.8. The first kappa shape index (κ1) is 14.3. The van der Waals surface area contributed by atoms with Gasteiger partial charge in [0.2, 0.25) is 5.91 Å². The van der Waals surface area contributed by atoms with Crippen molar-refractivity contribution in [2.45, 2.75) is 26.4 Å². The molecule has 1 aromatic carbocycles. The first-order chi connectivity index (χ1) is 9.65. The van der Waals surface area contributed by atoms with Crippen molar-refractivity contribution in [3.8, 4) is 0 Å². The van der Waals surface area contributed by atoms with Crippen molar-refractivity contribution >= 4 is 11.6 Å². The van der Waals surface area contributed by atoms with Crippen molar-refractivity contribution < 1.29 is 4.79 Å². The lowest BCUT2D eigenvalue weighted by Crippen LogP contribution is -2.32. The third-order valence-corrected chi connectivity index (χ3v) is 2.85.